The summed E-state index contributed by atoms with van der Waals surface area (Å²) in [5, 5.41) is 6.42. The zero-order valence-electron chi connectivity index (χ0n) is 14.0. The second kappa shape index (κ2) is 6.68. The Bertz CT molecular complexity index is 1150. The average molecular weight is 365 g/mol. The summed E-state index contributed by atoms with van der Waals surface area (Å²) in [5.41, 5.74) is 1.22. The maximum atomic E-state index is 12.8. The smallest absolute Gasteiger partial charge is 0.311 e. The summed E-state index contributed by atoms with van der Waals surface area (Å²) < 4.78 is 7.19. The molecular formula is C19H15N3O3S. The van der Waals surface area contributed by atoms with Gasteiger partial charge in [0.25, 0.3) is 5.56 Å². The van der Waals surface area contributed by atoms with Crippen molar-refractivity contribution in [1.29, 1.82) is 0 Å². The molecule has 0 bridgehead atoms. The van der Waals surface area contributed by atoms with Gasteiger partial charge in [-0.15, -0.1) is 11.3 Å². The van der Waals surface area contributed by atoms with E-state index in [-0.39, 0.29) is 18.5 Å². The molecule has 0 radical (unpaired) electrons. The summed E-state index contributed by atoms with van der Waals surface area (Å²) in [5.74, 6) is -0.396. The number of carbonyl (C=O) groups is 1. The zero-order valence-corrected chi connectivity index (χ0v) is 14.8. The van der Waals surface area contributed by atoms with Crippen molar-refractivity contribution in [3.8, 4) is 0 Å². The van der Waals surface area contributed by atoms with Crippen LogP contribution >= 0.6 is 11.3 Å². The van der Waals surface area contributed by atoms with Gasteiger partial charge in [0.1, 0.15) is 5.01 Å². The Labute approximate surface area is 152 Å². The molecule has 0 fully saturated rings. The highest BCUT2D eigenvalue weighted by molar-refractivity contribution is 7.18. The molecule has 4 aromatic rings. The molecule has 0 spiro atoms. The molecule has 0 saturated carbocycles. The molecule has 0 atom stereocenters. The molecule has 26 heavy (non-hydrogen) atoms. The van der Waals surface area contributed by atoms with Crippen LogP contribution in [0.2, 0.25) is 0 Å². The van der Waals surface area contributed by atoms with E-state index in [4.69, 9.17) is 4.74 Å². The number of fused-ring (bicyclic) bond motifs is 2. The number of methoxy groups -OCH3 is 1. The Morgan fingerprint density at radius 3 is 2.62 bits per heavy atom. The van der Waals surface area contributed by atoms with Crippen LogP contribution in [0.3, 0.4) is 0 Å². The van der Waals surface area contributed by atoms with Crippen LogP contribution in [0.1, 0.15) is 10.7 Å². The number of hydrogen-bond donors (Lipinski definition) is 0. The molecule has 130 valence electrons. The second-order valence-corrected chi connectivity index (χ2v) is 6.90. The van der Waals surface area contributed by atoms with Crippen molar-refractivity contribution in [2.45, 2.75) is 13.0 Å². The summed E-state index contributed by atoms with van der Waals surface area (Å²) in [7, 11) is 1.33. The molecule has 6 nitrogen and oxygen atoms in total. The fraction of sp³-hybridized carbons (Fsp3) is 0.158. The Kier molecular flexibility index (Phi) is 4.22. The predicted octanol–water partition coefficient (Wildman–Crippen LogP) is 2.77. The van der Waals surface area contributed by atoms with Gasteiger partial charge in [0.15, 0.2) is 0 Å². The Morgan fingerprint density at radius 1 is 1.12 bits per heavy atom. The number of benzene rings is 2. The van der Waals surface area contributed by atoms with Crippen LogP contribution in [0, 0.1) is 0 Å². The van der Waals surface area contributed by atoms with Crippen LogP contribution in [0.25, 0.3) is 21.0 Å². The lowest BCUT2D eigenvalue weighted by Crippen LogP contribution is -2.26. The largest absolute Gasteiger partial charge is 0.469 e. The van der Waals surface area contributed by atoms with Crippen LogP contribution in [0.15, 0.2) is 53.3 Å². The number of thiazole rings is 1. The minimum absolute atomic E-state index is 0.0110. The van der Waals surface area contributed by atoms with E-state index >= 15 is 0 Å². The first-order chi connectivity index (χ1) is 12.7. The molecule has 4 rings (SSSR count). The maximum absolute atomic E-state index is 12.8. The van der Waals surface area contributed by atoms with Gasteiger partial charge < -0.3 is 4.74 Å². The van der Waals surface area contributed by atoms with E-state index in [1.807, 2.05) is 30.3 Å². The van der Waals surface area contributed by atoms with Gasteiger partial charge in [-0.1, -0.05) is 30.3 Å². The Balaban J connectivity index is 1.82. The number of esters is 1. The van der Waals surface area contributed by atoms with Gasteiger partial charge in [-0.25, -0.2) is 9.67 Å². The lowest BCUT2D eigenvalue weighted by molar-refractivity contribution is -0.139. The molecule has 2 heterocycles. The summed E-state index contributed by atoms with van der Waals surface area (Å²) in [6, 6.07) is 15.0. The van der Waals surface area contributed by atoms with Crippen LogP contribution < -0.4 is 5.56 Å². The van der Waals surface area contributed by atoms with Crippen LogP contribution in [-0.2, 0) is 22.5 Å². The van der Waals surface area contributed by atoms with E-state index in [2.05, 4.69) is 10.1 Å². The van der Waals surface area contributed by atoms with Crippen LogP contribution in [-0.4, -0.2) is 27.8 Å². The van der Waals surface area contributed by atoms with Gasteiger partial charge in [-0.3, -0.25) is 9.59 Å². The first-order valence-corrected chi connectivity index (χ1v) is 8.87. The quantitative estimate of drug-likeness (QED) is 0.520. The summed E-state index contributed by atoms with van der Waals surface area (Å²) in [4.78, 5) is 29.1. The first-order valence-electron chi connectivity index (χ1n) is 8.05. The number of nitrogens with zero attached hydrogens (tertiary/aromatic N) is 3. The zero-order chi connectivity index (χ0) is 18.1. The third kappa shape index (κ3) is 2.97. The third-order valence-electron chi connectivity index (χ3n) is 4.11. The predicted molar refractivity (Wildman–Crippen MR) is 100 cm³/mol. The average Bonchev–Trinajstić information content (AvgIpc) is 3.07. The summed E-state index contributed by atoms with van der Waals surface area (Å²) in [6.07, 6.45) is 0.0110. The van der Waals surface area contributed by atoms with Crippen molar-refractivity contribution in [2.24, 2.45) is 0 Å². The molecule has 2 aromatic heterocycles. The molecule has 0 saturated heterocycles. The normalized spacial score (nSPS) is 11.1. The summed E-state index contributed by atoms with van der Waals surface area (Å²) in [6.45, 7) is 0.261. The lowest BCUT2D eigenvalue weighted by atomic mass is 10.1. The number of hydrogen-bond acceptors (Lipinski definition) is 6. The molecule has 0 aliphatic carbocycles. The minimum atomic E-state index is -0.396. The minimum Gasteiger partial charge on any atom is -0.469 e. The van der Waals surface area contributed by atoms with Gasteiger partial charge in [-0.2, -0.15) is 5.10 Å². The van der Waals surface area contributed by atoms with E-state index < -0.39 is 5.97 Å². The van der Waals surface area contributed by atoms with E-state index in [9.17, 15) is 9.59 Å². The van der Waals surface area contributed by atoms with Gasteiger partial charge >= 0.3 is 5.97 Å². The van der Waals surface area contributed by atoms with E-state index in [0.29, 0.717) is 16.5 Å². The monoisotopic (exact) mass is 365 g/mol. The first kappa shape index (κ1) is 16.4. The highest BCUT2D eigenvalue weighted by Crippen LogP contribution is 2.22. The van der Waals surface area contributed by atoms with Crippen molar-refractivity contribution in [2.75, 3.05) is 7.11 Å². The van der Waals surface area contributed by atoms with Crippen molar-refractivity contribution < 1.29 is 9.53 Å². The van der Waals surface area contributed by atoms with Gasteiger partial charge in [-0.05, 0) is 18.2 Å². The Morgan fingerprint density at radius 2 is 1.85 bits per heavy atom. The molecule has 7 heteroatoms. The second-order valence-electron chi connectivity index (χ2n) is 5.78. The number of aromatic nitrogens is 3. The van der Waals surface area contributed by atoms with Crippen molar-refractivity contribution in [3.05, 3.63) is 69.6 Å². The Hall–Kier alpha value is -3.06. The van der Waals surface area contributed by atoms with E-state index in [1.54, 1.807) is 18.2 Å². The van der Waals surface area contributed by atoms with Crippen molar-refractivity contribution >= 4 is 38.3 Å². The number of para-hydroxylation sites is 1. The van der Waals surface area contributed by atoms with Crippen molar-refractivity contribution in [3.63, 3.8) is 0 Å². The maximum Gasteiger partial charge on any atom is 0.311 e. The number of carbonyl (C=O) groups excluding carboxylic acids is 1. The molecule has 2 aromatic carbocycles. The molecule has 0 amide bonds. The molecule has 0 unspecified atom stereocenters. The highest BCUT2D eigenvalue weighted by atomic mass is 32.1. The van der Waals surface area contributed by atoms with E-state index in [0.717, 1.165) is 15.2 Å². The number of rotatable bonds is 4. The van der Waals surface area contributed by atoms with E-state index in [1.165, 1.54) is 23.1 Å². The standard InChI is InChI=1S/C19H15N3O3S/c1-25-18(23)10-15-12-6-2-3-7-13(12)19(24)22(21-15)11-17-20-14-8-4-5-9-16(14)26-17/h2-9H,10-11H2,1H3. The molecule has 0 N–H and O–H groups in total. The number of ether oxygens (including phenoxy) is 1. The fourth-order valence-corrected chi connectivity index (χ4v) is 3.82. The highest BCUT2D eigenvalue weighted by Gasteiger charge is 2.15. The lowest BCUT2D eigenvalue weighted by Gasteiger charge is -2.09. The van der Waals surface area contributed by atoms with Gasteiger partial charge in [0.05, 0.1) is 41.4 Å². The van der Waals surface area contributed by atoms with Crippen LogP contribution in [0.5, 0.6) is 0 Å². The molecule has 0 aliphatic rings. The third-order valence-corrected chi connectivity index (χ3v) is 5.13. The topological polar surface area (TPSA) is 74.1 Å². The van der Waals surface area contributed by atoms with Crippen molar-refractivity contribution in [1.82, 2.24) is 14.8 Å². The molecular weight excluding hydrogens is 350 g/mol. The van der Waals surface area contributed by atoms with Gasteiger partial charge in [0.2, 0.25) is 0 Å². The summed E-state index contributed by atoms with van der Waals surface area (Å²) >= 11 is 1.53. The SMILES string of the molecule is COC(=O)Cc1nn(Cc2nc3ccccc3s2)c(=O)c2ccccc12. The van der Waals surface area contributed by atoms with Crippen LogP contribution in [0.4, 0.5) is 0 Å². The van der Waals surface area contributed by atoms with Gasteiger partial charge in [0, 0.05) is 5.39 Å². The molecule has 0 aliphatic heterocycles. The fourth-order valence-electron chi connectivity index (χ4n) is 2.87.